The lowest BCUT2D eigenvalue weighted by molar-refractivity contribution is 0.0885. The number of rotatable bonds is 3. The summed E-state index contributed by atoms with van der Waals surface area (Å²) in [5.41, 5.74) is 0.863. The van der Waals surface area contributed by atoms with Gasteiger partial charge in [0.15, 0.2) is 5.76 Å². The van der Waals surface area contributed by atoms with Crippen LogP contribution in [0.5, 0.6) is 0 Å². The third-order valence-electron chi connectivity index (χ3n) is 3.44. The van der Waals surface area contributed by atoms with E-state index in [0.29, 0.717) is 18.2 Å². The fourth-order valence-corrected chi connectivity index (χ4v) is 2.27. The number of amides is 1. The van der Waals surface area contributed by atoms with Crippen LogP contribution in [0.15, 0.2) is 16.7 Å². The molecule has 0 unspecified atom stereocenters. The van der Waals surface area contributed by atoms with E-state index in [2.05, 4.69) is 5.32 Å². The molecule has 1 saturated carbocycles. The molecule has 2 N–H and O–H groups in total. The number of hydrogen-bond acceptors (Lipinski definition) is 3. The van der Waals surface area contributed by atoms with Crippen LogP contribution in [0, 0.1) is 12.8 Å². The molecule has 0 atom stereocenters. The monoisotopic (exact) mass is 237 g/mol. The van der Waals surface area contributed by atoms with E-state index in [0.717, 1.165) is 31.2 Å². The molecule has 0 aliphatic heterocycles. The van der Waals surface area contributed by atoms with E-state index in [-0.39, 0.29) is 12.0 Å². The molecule has 0 saturated heterocycles. The van der Waals surface area contributed by atoms with Crippen molar-refractivity contribution in [3.05, 3.63) is 23.7 Å². The Morgan fingerprint density at radius 2 is 2.18 bits per heavy atom. The van der Waals surface area contributed by atoms with Crippen molar-refractivity contribution in [2.45, 2.75) is 38.7 Å². The van der Waals surface area contributed by atoms with Gasteiger partial charge in [-0.05, 0) is 44.6 Å². The van der Waals surface area contributed by atoms with Crippen molar-refractivity contribution < 1.29 is 14.3 Å². The Morgan fingerprint density at radius 3 is 2.76 bits per heavy atom. The van der Waals surface area contributed by atoms with Crippen LogP contribution in [-0.4, -0.2) is 23.7 Å². The number of carbonyl (C=O) groups excluding carboxylic acids is 1. The first-order valence-electron chi connectivity index (χ1n) is 6.17. The smallest absolute Gasteiger partial charge is 0.287 e. The highest BCUT2D eigenvalue weighted by Gasteiger charge is 2.20. The van der Waals surface area contributed by atoms with Gasteiger partial charge in [0.05, 0.1) is 12.4 Å². The van der Waals surface area contributed by atoms with E-state index in [1.807, 2.05) is 6.92 Å². The summed E-state index contributed by atoms with van der Waals surface area (Å²) < 4.78 is 5.13. The van der Waals surface area contributed by atoms with Crippen molar-refractivity contribution in [1.82, 2.24) is 5.32 Å². The molecular formula is C13H19NO3. The maximum Gasteiger partial charge on any atom is 0.287 e. The lowest BCUT2D eigenvalue weighted by Crippen LogP contribution is -2.32. The van der Waals surface area contributed by atoms with Crippen LogP contribution in [0.4, 0.5) is 0 Å². The second-order valence-electron chi connectivity index (χ2n) is 4.82. The second kappa shape index (κ2) is 5.36. The third kappa shape index (κ3) is 3.09. The van der Waals surface area contributed by atoms with E-state index in [1.165, 1.54) is 6.26 Å². The van der Waals surface area contributed by atoms with Crippen LogP contribution in [0.25, 0.3) is 0 Å². The van der Waals surface area contributed by atoms with Crippen molar-refractivity contribution >= 4 is 5.91 Å². The highest BCUT2D eigenvalue weighted by molar-refractivity contribution is 5.92. The summed E-state index contributed by atoms with van der Waals surface area (Å²) in [6.07, 6.45) is 5.05. The minimum Gasteiger partial charge on any atom is -0.459 e. The molecular weight excluding hydrogens is 218 g/mol. The van der Waals surface area contributed by atoms with E-state index < -0.39 is 0 Å². The summed E-state index contributed by atoms with van der Waals surface area (Å²) in [4.78, 5) is 11.8. The van der Waals surface area contributed by atoms with Crippen molar-refractivity contribution in [3.8, 4) is 0 Å². The Balaban J connectivity index is 1.79. The van der Waals surface area contributed by atoms with E-state index >= 15 is 0 Å². The van der Waals surface area contributed by atoms with Gasteiger partial charge in [0.25, 0.3) is 5.91 Å². The molecule has 2 rings (SSSR count). The van der Waals surface area contributed by atoms with Crippen LogP contribution >= 0.6 is 0 Å². The van der Waals surface area contributed by atoms with Gasteiger partial charge >= 0.3 is 0 Å². The van der Waals surface area contributed by atoms with Crippen LogP contribution < -0.4 is 5.32 Å². The summed E-state index contributed by atoms with van der Waals surface area (Å²) in [5.74, 6) is 0.747. The number of aliphatic hydroxyl groups excluding tert-OH is 1. The molecule has 0 bridgehead atoms. The number of aliphatic hydroxyl groups is 1. The summed E-state index contributed by atoms with van der Waals surface area (Å²) in [6, 6.07) is 1.78. The van der Waals surface area contributed by atoms with Gasteiger partial charge in [-0.25, -0.2) is 0 Å². The van der Waals surface area contributed by atoms with E-state index in [1.54, 1.807) is 6.07 Å². The van der Waals surface area contributed by atoms with Gasteiger partial charge in [-0.3, -0.25) is 4.79 Å². The maximum atomic E-state index is 11.8. The minimum absolute atomic E-state index is 0.140. The Morgan fingerprint density at radius 1 is 1.47 bits per heavy atom. The molecule has 4 heteroatoms. The van der Waals surface area contributed by atoms with Gasteiger partial charge in [0.2, 0.25) is 0 Å². The number of aryl methyl sites for hydroxylation is 1. The minimum atomic E-state index is -0.144. The standard InChI is InChI=1S/C13H19NO3/c1-9-6-7-17-12(9)13(16)14-8-10-2-4-11(15)5-3-10/h6-7,10-11,15H,2-5,8H2,1H3,(H,14,16). The Labute approximate surface area is 101 Å². The molecule has 1 fully saturated rings. The quantitative estimate of drug-likeness (QED) is 0.843. The van der Waals surface area contributed by atoms with Crippen LogP contribution in [0.1, 0.15) is 41.8 Å². The molecule has 1 aliphatic carbocycles. The van der Waals surface area contributed by atoms with Crippen LogP contribution in [-0.2, 0) is 0 Å². The molecule has 4 nitrogen and oxygen atoms in total. The van der Waals surface area contributed by atoms with E-state index in [9.17, 15) is 9.90 Å². The lowest BCUT2D eigenvalue weighted by Gasteiger charge is -2.25. The fourth-order valence-electron chi connectivity index (χ4n) is 2.27. The van der Waals surface area contributed by atoms with Crippen molar-refractivity contribution in [1.29, 1.82) is 0 Å². The molecule has 1 aromatic rings. The second-order valence-corrected chi connectivity index (χ2v) is 4.82. The topological polar surface area (TPSA) is 62.5 Å². The summed E-state index contributed by atoms with van der Waals surface area (Å²) in [6.45, 7) is 2.53. The molecule has 1 aromatic heterocycles. The third-order valence-corrected chi connectivity index (χ3v) is 3.44. The average molecular weight is 237 g/mol. The highest BCUT2D eigenvalue weighted by Crippen LogP contribution is 2.23. The number of furan rings is 1. The Hall–Kier alpha value is -1.29. The van der Waals surface area contributed by atoms with Gasteiger partial charge in [0.1, 0.15) is 0 Å². The zero-order chi connectivity index (χ0) is 12.3. The van der Waals surface area contributed by atoms with Crippen molar-refractivity contribution in [2.24, 2.45) is 5.92 Å². The van der Waals surface area contributed by atoms with Gasteiger partial charge in [0, 0.05) is 12.1 Å². The van der Waals surface area contributed by atoms with Gasteiger partial charge in [-0.2, -0.15) is 0 Å². The summed E-state index contributed by atoms with van der Waals surface area (Å²) in [5, 5.41) is 12.3. The zero-order valence-electron chi connectivity index (χ0n) is 10.1. The van der Waals surface area contributed by atoms with Crippen LogP contribution in [0.2, 0.25) is 0 Å². The molecule has 0 spiro atoms. The zero-order valence-corrected chi connectivity index (χ0v) is 10.1. The number of hydrogen-bond donors (Lipinski definition) is 2. The lowest BCUT2D eigenvalue weighted by atomic mass is 9.87. The molecule has 94 valence electrons. The molecule has 1 aliphatic rings. The first-order chi connectivity index (χ1) is 8.16. The van der Waals surface area contributed by atoms with E-state index in [4.69, 9.17) is 4.42 Å². The molecule has 17 heavy (non-hydrogen) atoms. The largest absolute Gasteiger partial charge is 0.459 e. The Bertz CT molecular complexity index is 378. The van der Waals surface area contributed by atoms with Gasteiger partial charge in [-0.1, -0.05) is 0 Å². The fraction of sp³-hybridized carbons (Fsp3) is 0.615. The first-order valence-corrected chi connectivity index (χ1v) is 6.17. The highest BCUT2D eigenvalue weighted by atomic mass is 16.3. The number of nitrogens with one attached hydrogen (secondary N) is 1. The SMILES string of the molecule is Cc1ccoc1C(=O)NCC1CCC(O)CC1. The van der Waals surface area contributed by atoms with Crippen LogP contribution in [0.3, 0.4) is 0 Å². The summed E-state index contributed by atoms with van der Waals surface area (Å²) >= 11 is 0. The first kappa shape index (κ1) is 12.2. The van der Waals surface area contributed by atoms with Crippen molar-refractivity contribution in [2.75, 3.05) is 6.54 Å². The Kier molecular flexibility index (Phi) is 3.84. The van der Waals surface area contributed by atoms with Gasteiger partial charge < -0.3 is 14.8 Å². The van der Waals surface area contributed by atoms with Gasteiger partial charge in [-0.15, -0.1) is 0 Å². The van der Waals surface area contributed by atoms with Crippen molar-refractivity contribution in [3.63, 3.8) is 0 Å². The summed E-state index contributed by atoms with van der Waals surface area (Å²) in [7, 11) is 0. The molecule has 0 aromatic carbocycles. The normalized spacial score (nSPS) is 24.6. The molecule has 1 heterocycles. The number of carbonyl (C=O) groups is 1. The molecule has 0 radical (unpaired) electrons. The average Bonchev–Trinajstić information content (AvgIpc) is 2.74. The predicted molar refractivity (Wildman–Crippen MR) is 63.7 cm³/mol. The predicted octanol–water partition coefficient (Wildman–Crippen LogP) is 1.87. The maximum absolute atomic E-state index is 11.8. The molecule has 1 amide bonds.